The molecule has 106 valence electrons. The maximum Gasteiger partial charge on any atom is 0.237 e. The van der Waals surface area contributed by atoms with E-state index in [-0.39, 0.29) is 12.5 Å². The van der Waals surface area contributed by atoms with E-state index in [1.807, 2.05) is 13.8 Å². The number of amides is 1. The van der Waals surface area contributed by atoms with Crippen molar-refractivity contribution < 1.29 is 4.79 Å². The predicted molar refractivity (Wildman–Crippen MR) is 74.8 cm³/mol. The first-order valence-corrected chi connectivity index (χ1v) is 6.01. The van der Waals surface area contributed by atoms with Crippen LogP contribution < -0.4 is 21.3 Å². The summed E-state index contributed by atoms with van der Waals surface area (Å²) in [5.41, 5.74) is 10.9. The highest BCUT2D eigenvalue weighted by Gasteiger charge is 2.16. The largest absolute Gasteiger partial charge is 0.368 e. The maximum absolute atomic E-state index is 11.1. The van der Waals surface area contributed by atoms with Gasteiger partial charge >= 0.3 is 0 Å². The zero-order chi connectivity index (χ0) is 14.6. The summed E-state index contributed by atoms with van der Waals surface area (Å²) in [5.74, 6) is 0.822. The highest BCUT2D eigenvalue weighted by molar-refractivity contribution is 5.78. The molecular weight excluding hydrogens is 246 g/mol. The molecule has 1 aromatic heterocycles. The standard InChI is InChI=1S/C11H21N7O/c1-7(2)5-18(6-8(12)19)11-15-9(13)14-10(16-11)17(3)4/h7H,5-6H2,1-4H3,(H2,12,19)(H2,13,14,15,16). The van der Waals surface area contributed by atoms with E-state index in [0.29, 0.717) is 24.4 Å². The van der Waals surface area contributed by atoms with Crippen LogP contribution in [0.4, 0.5) is 17.8 Å². The molecule has 0 aliphatic heterocycles. The monoisotopic (exact) mass is 267 g/mol. The van der Waals surface area contributed by atoms with Gasteiger partial charge in [0.1, 0.15) is 0 Å². The Morgan fingerprint density at radius 1 is 1.21 bits per heavy atom. The smallest absolute Gasteiger partial charge is 0.237 e. The lowest BCUT2D eigenvalue weighted by molar-refractivity contribution is -0.116. The van der Waals surface area contributed by atoms with Crippen LogP contribution in [-0.2, 0) is 4.79 Å². The number of carbonyl (C=O) groups is 1. The number of anilines is 3. The zero-order valence-corrected chi connectivity index (χ0v) is 11.8. The molecule has 1 amide bonds. The highest BCUT2D eigenvalue weighted by atomic mass is 16.1. The number of aromatic nitrogens is 3. The van der Waals surface area contributed by atoms with Gasteiger partial charge in [-0.2, -0.15) is 15.0 Å². The van der Waals surface area contributed by atoms with E-state index in [0.717, 1.165) is 0 Å². The van der Waals surface area contributed by atoms with E-state index in [4.69, 9.17) is 11.5 Å². The minimum Gasteiger partial charge on any atom is -0.368 e. The third-order valence-corrected chi connectivity index (χ3v) is 2.24. The van der Waals surface area contributed by atoms with E-state index in [1.165, 1.54) is 0 Å². The number of hydrogen-bond acceptors (Lipinski definition) is 7. The van der Waals surface area contributed by atoms with Crippen LogP contribution >= 0.6 is 0 Å². The molecule has 4 N–H and O–H groups in total. The van der Waals surface area contributed by atoms with Crippen molar-refractivity contribution in [3.05, 3.63) is 0 Å². The molecular formula is C11H21N7O. The average molecular weight is 267 g/mol. The topological polar surface area (TPSA) is 114 Å². The molecule has 0 saturated carbocycles. The normalized spacial score (nSPS) is 10.6. The zero-order valence-electron chi connectivity index (χ0n) is 11.8. The van der Waals surface area contributed by atoms with Crippen LogP contribution in [0.2, 0.25) is 0 Å². The van der Waals surface area contributed by atoms with Crippen LogP contribution in [0.3, 0.4) is 0 Å². The maximum atomic E-state index is 11.1. The summed E-state index contributed by atoms with van der Waals surface area (Å²) in [5, 5.41) is 0. The van der Waals surface area contributed by atoms with Crippen molar-refractivity contribution >= 4 is 23.8 Å². The Hall–Kier alpha value is -2.12. The molecule has 1 heterocycles. The van der Waals surface area contributed by atoms with Crippen LogP contribution in [0.25, 0.3) is 0 Å². The summed E-state index contributed by atoms with van der Waals surface area (Å²) in [6, 6.07) is 0. The summed E-state index contributed by atoms with van der Waals surface area (Å²) in [7, 11) is 3.61. The van der Waals surface area contributed by atoms with Crippen molar-refractivity contribution in [1.82, 2.24) is 15.0 Å². The van der Waals surface area contributed by atoms with E-state index in [1.54, 1.807) is 23.9 Å². The quantitative estimate of drug-likeness (QED) is 0.711. The van der Waals surface area contributed by atoms with Crippen LogP contribution in [-0.4, -0.2) is 48.0 Å². The summed E-state index contributed by atoms with van der Waals surface area (Å²) in [6.45, 7) is 4.73. The van der Waals surface area contributed by atoms with Gasteiger partial charge < -0.3 is 21.3 Å². The molecule has 0 aliphatic rings. The van der Waals surface area contributed by atoms with Gasteiger partial charge in [-0.15, -0.1) is 0 Å². The molecule has 19 heavy (non-hydrogen) atoms. The van der Waals surface area contributed by atoms with Crippen molar-refractivity contribution in [1.29, 1.82) is 0 Å². The number of primary amides is 1. The Kier molecular flexibility index (Phi) is 4.85. The third kappa shape index (κ3) is 4.57. The van der Waals surface area contributed by atoms with E-state index in [9.17, 15) is 4.79 Å². The van der Waals surface area contributed by atoms with Gasteiger partial charge in [-0.1, -0.05) is 13.8 Å². The molecule has 0 aromatic carbocycles. The number of hydrogen-bond donors (Lipinski definition) is 2. The second-order valence-corrected chi connectivity index (χ2v) is 4.93. The highest BCUT2D eigenvalue weighted by Crippen LogP contribution is 2.14. The summed E-state index contributed by atoms with van der Waals surface area (Å²) >= 11 is 0. The van der Waals surface area contributed by atoms with Gasteiger partial charge in [0, 0.05) is 20.6 Å². The molecule has 8 nitrogen and oxygen atoms in total. The SMILES string of the molecule is CC(C)CN(CC(N)=O)c1nc(N)nc(N(C)C)n1. The predicted octanol–water partition coefficient (Wildman–Crippen LogP) is -0.532. The lowest BCUT2D eigenvalue weighted by atomic mass is 10.2. The first-order chi connectivity index (χ1) is 8.79. The second-order valence-electron chi connectivity index (χ2n) is 4.93. The Balaban J connectivity index is 3.09. The lowest BCUT2D eigenvalue weighted by Gasteiger charge is -2.24. The Bertz CT molecular complexity index is 447. The van der Waals surface area contributed by atoms with Gasteiger partial charge in [-0.05, 0) is 5.92 Å². The fourth-order valence-corrected chi connectivity index (χ4v) is 1.56. The van der Waals surface area contributed by atoms with Gasteiger partial charge in [-0.25, -0.2) is 0 Å². The Morgan fingerprint density at radius 3 is 2.26 bits per heavy atom. The molecule has 0 bridgehead atoms. The molecule has 8 heteroatoms. The summed E-state index contributed by atoms with van der Waals surface area (Å²) in [6.07, 6.45) is 0. The van der Waals surface area contributed by atoms with Crippen molar-refractivity contribution in [3.63, 3.8) is 0 Å². The van der Waals surface area contributed by atoms with Crippen molar-refractivity contribution in [2.45, 2.75) is 13.8 Å². The minimum atomic E-state index is -0.439. The molecule has 0 saturated heterocycles. The molecule has 0 atom stereocenters. The van der Waals surface area contributed by atoms with E-state index < -0.39 is 5.91 Å². The van der Waals surface area contributed by atoms with Crippen molar-refractivity contribution in [2.24, 2.45) is 11.7 Å². The summed E-state index contributed by atoms with van der Waals surface area (Å²) in [4.78, 5) is 26.9. The van der Waals surface area contributed by atoms with Crippen LogP contribution in [0.15, 0.2) is 0 Å². The number of carbonyl (C=O) groups excluding carboxylic acids is 1. The molecule has 0 spiro atoms. The van der Waals surface area contributed by atoms with Gasteiger partial charge in [0.2, 0.25) is 23.8 Å². The van der Waals surface area contributed by atoms with E-state index >= 15 is 0 Å². The van der Waals surface area contributed by atoms with Gasteiger partial charge in [-0.3, -0.25) is 4.79 Å². The molecule has 1 aromatic rings. The van der Waals surface area contributed by atoms with Gasteiger partial charge in [0.15, 0.2) is 0 Å². The molecule has 1 rings (SSSR count). The molecule has 0 fully saturated rings. The minimum absolute atomic E-state index is 0.0501. The fraction of sp³-hybridized carbons (Fsp3) is 0.636. The molecule has 0 aliphatic carbocycles. The number of nitrogens with zero attached hydrogens (tertiary/aromatic N) is 5. The number of nitrogens with two attached hydrogens (primary N) is 2. The Labute approximate surface area is 112 Å². The van der Waals surface area contributed by atoms with E-state index in [2.05, 4.69) is 15.0 Å². The third-order valence-electron chi connectivity index (χ3n) is 2.24. The second kappa shape index (κ2) is 6.17. The van der Waals surface area contributed by atoms with Crippen LogP contribution in [0, 0.1) is 5.92 Å². The fourth-order valence-electron chi connectivity index (χ4n) is 1.56. The number of nitrogen functional groups attached to an aromatic ring is 1. The summed E-state index contributed by atoms with van der Waals surface area (Å²) < 4.78 is 0. The first kappa shape index (κ1) is 14.9. The molecule has 0 unspecified atom stereocenters. The van der Waals surface area contributed by atoms with Gasteiger partial charge in [0.25, 0.3) is 0 Å². The average Bonchev–Trinajstić information content (AvgIpc) is 2.25. The van der Waals surface area contributed by atoms with Crippen LogP contribution in [0.1, 0.15) is 13.8 Å². The lowest BCUT2D eigenvalue weighted by Crippen LogP contribution is -2.37. The van der Waals surface area contributed by atoms with Crippen molar-refractivity contribution in [2.75, 3.05) is 42.7 Å². The van der Waals surface area contributed by atoms with Gasteiger partial charge in [0.05, 0.1) is 6.54 Å². The number of rotatable bonds is 6. The molecule has 0 radical (unpaired) electrons. The Morgan fingerprint density at radius 2 is 1.79 bits per heavy atom. The van der Waals surface area contributed by atoms with Crippen molar-refractivity contribution in [3.8, 4) is 0 Å². The first-order valence-electron chi connectivity index (χ1n) is 6.01. The van der Waals surface area contributed by atoms with Crippen LogP contribution in [0.5, 0.6) is 0 Å².